The van der Waals surface area contributed by atoms with Gasteiger partial charge in [0.15, 0.2) is 5.78 Å². The third-order valence-electron chi connectivity index (χ3n) is 5.49. The number of primary amides is 1. The molecule has 2 rings (SSSR count). The Morgan fingerprint density at radius 2 is 1.90 bits per heavy atom. The van der Waals surface area contributed by atoms with Crippen molar-refractivity contribution in [3.63, 3.8) is 0 Å². The number of carbonyl (C=O) groups excluding carboxylic acids is 3. The Bertz CT molecular complexity index is 863. The molecular weight excluding hydrogens is 382 g/mol. The predicted molar refractivity (Wildman–Crippen MR) is 118 cm³/mol. The molecule has 3 amide bonds. The molecule has 30 heavy (non-hydrogen) atoms. The Hall–Kier alpha value is -2.87. The molecule has 0 spiro atoms. The van der Waals surface area contributed by atoms with Gasteiger partial charge in [0.1, 0.15) is 0 Å². The van der Waals surface area contributed by atoms with E-state index in [0.29, 0.717) is 32.2 Å². The number of carbonyl (C=O) groups is 3. The van der Waals surface area contributed by atoms with Crippen LogP contribution >= 0.6 is 0 Å². The topological polar surface area (TPSA) is 129 Å². The van der Waals surface area contributed by atoms with Gasteiger partial charge in [-0.25, -0.2) is 4.79 Å². The van der Waals surface area contributed by atoms with Crippen molar-refractivity contribution in [2.24, 2.45) is 11.7 Å². The molecule has 8 nitrogen and oxygen atoms in total. The maximum absolute atomic E-state index is 13.0. The van der Waals surface area contributed by atoms with Crippen LogP contribution in [0.25, 0.3) is 10.9 Å². The maximum Gasteiger partial charge on any atom is 0.312 e. The van der Waals surface area contributed by atoms with Gasteiger partial charge >= 0.3 is 6.03 Å². The summed E-state index contributed by atoms with van der Waals surface area (Å²) in [5.41, 5.74) is 7.06. The van der Waals surface area contributed by atoms with Crippen molar-refractivity contribution in [2.75, 3.05) is 13.6 Å². The van der Waals surface area contributed by atoms with Gasteiger partial charge in [-0.2, -0.15) is 0 Å². The second-order valence-corrected chi connectivity index (χ2v) is 7.61. The molecule has 8 heteroatoms. The van der Waals surface area contributed by atoms with E-state index in [-0.39, 0.29) is 17.6 Å². The van der Waals surface area contributed by atoms with E-state index in [1.54, 1.807) is 7.05 Å². The van der Waals surface area contributed by atoms with Crippen LogP contribution < -0.4 is 21.7 Å². The fraction of sp³-hybridized carbons (Fsp3) is 0.500. The number of hydrogen-bond donors (Lipinski definition) is 5. The van der Waals surface area contributed by atoms with Gasteiger partial charge in [-0.1, -0.05) is 32.0 Å². The van der Waals surface area contributed by atoms with Gasteiger partial charge in [-0.3, -0.25) is 9.59 Å². The summed E-state index contributed by atoms with van der Waals surface area (Å²) in [6.07, 6.45) is 4.15. The number of Topliss-reactive ketones (excluding diaryl/α,β-unsaturated/α-hetero) is 1. The molecule has 1 unspecified atom stereocenters. The van der Waals surface area contributed by atoms with Gasteiger partial charge in [-0.05, 0) is 37.9 Å². The first-order valence-electron chi connectivity index (χ1n) is 10.5. The summed E-state index contributed by atoms with van der Waals surface area (Å²) >= 11 is 0. The fourth-order valence-corrected chi connectivity index (χ4v) is 3.48. The molecule has 0 saturated carbocycles. The molecule has 0 aliphatic heterocycles. The third-order valence-corrected chi connectivity index (χ3v) is 5.49. The van der Waals surface area contributed by atoms with Crippen LogP contribution in [0.4, 0.5) is 4.79 Å². The number of fused-ring (bicyclic) bond motifs is 1. The summed E-state index contributed by atoms with van der Waals surface area (Å²) in [4.78, 5) is 39.9. The average Bonchev–Trinajstić information content (AvgIpc) is 3.14. The van der Waals surface area contributed by atoms with Gasteiger partial charge in [-0.15, -0.1) is 0 Å². The molecular formula is C22H33N5O3. The van der Waals surface area contributed by atoms with Crippen molar-refractivity contribution in [3.05, 3.63) is 36.0 Å². The van der Waals surface area contributed by atoms with Crippen LogP contribution in [0.3, 0.4) is 0 Å². The Labute approximate surface area is 177 Å². The normalized spacial score (nSPS) is 14.1. The molecule has 1 heterocycles. The standard InChI is InChI=1S/C22H33N5O3/c1-4-14(2)20(28)19(12-15-13-26-17-9-6-5-8-16(15)17)27-21(29)18(24-3)10-7-11-25-22(23)30/h5-6,8-9,13-14,18-19,24,26H,4,7,10-12H2,1-3H3,(H,27,29)(H3,23,25,30)/t14?,18-,19-/m0/s1. The number of nitrogens with two attached hydrogens (primary N) is 1. The number of aromatic amines is 1. The number of nitrogens with one attached hydrogen (secondary N) is 4. The molecule has 0 radical (unpaired) electrons. The number of rotatable bonds is 12. The lowest BCUT2D eigenvalue weighted by Crippen LogP contribution is -2.51. The molecule has 2 aromatic rings. The summed E-state index contributed by atoms with van der Waals surface area (Å²) in [7, 11) is 1.71. The monoisotopic (exact) mass is 415 g/mol. The van der Waals surface area contributed by atoms with E-state index in [2.05, 4.69) is 20.9 Å². The van der Waals surface area contributed by atoms with E-state index in [4.69, 9.17) is 5.73 Å². The van der Waals surface area contributed by atoms with Crippen molar-refractivity contribution in [1.29, 1.82) is 0 Å². The summed E-state index contributed by atoms with van der Waals surface area (Å²) in [5, 5.41) is 9.52. The Kier molecular flexibility index (Phi) is 8.86. The first-order chi connectivity index (χ1) is 14.4. The Morgan fingerprint density at radius 1 is 1.17 bits per heavy atom. The Balaban J connectivity index is 2.11. The molecule has 6 N–H and O–H groups in total. The average molecular weight is 416 g/mol. The van der Waals surface area contributed by atoms with Crippen molar-refractivity contribution in [2.45, 2.75) is 51.6 Å². The SMILES string of the molecule is CCC(C)C(=O)[C@H](Cc1c[nH]c2ccccc12)NC(=O)[C@H](CCCNC(N)=O)NC. The lowest BCUT2D eigenvalue weighted by atomic mass is 9.92. The van der Waals surface area contributed by atoms with E-state index in [9.17, 15) is 14.4 Å². The molecule has 1 aromatic carbocycles. The zero-order valence-electron chi connectivity index (χ0n) is 18.0. The van der Waals surface area contributed by atoms with Gasteiger partial charge in [0.05, 0.1) is 12.1 Å². The summed E-state index contributed by atoms with van der Waals surface area (Å²) in [6, 6.07) is 6.26. The predicted octanol–water partition coefficient (Wildman–Crippen LogP) is 1.85. The number of H-pyrrole nitrogens is 1. The molecule has 0 fully saturated rings. The van der Waals surface area contributed by atoms with E-state index >= 15 is 0 Å². The summed E-state index contributed by atoms with van der Waals surface area (Å²) in [5.74, 6) is -0.340. The number of likely N-dealkylation sites (N-methyl/N-ethyl adjacent to an activating group) is 1. The number of aromatic nitrogens is 1. The second-order valence-electron chi connectivity index (χ2n) is 7.61. The minimum Gasteiger partial charge on any atom is -0.361 e. The first-order valence-corrected chi connectivity index (χ1v) is 10.5. The van der Waals surface area contributed by atoms with Crippen LogP contribution in [0.15, 0.2) is 30.5 Å². The van der Waals surface area contributed by atoms with E-state index < -0.39 is 18.1 Å². The third kappa shape index (κ3) is 6.32. The van der Waals surface area contributed by atoms with Crippen LogP contribution in [0, 0.1) is 5.92 Å². The Morgan fingerprint density at radius 3 is 2.57 bits per heavy atom. The molecule has 0 bridgehead atoms. The van der Waals surface area contributed by atoms with Crippen LogP contribution in [-0.4, -0.2) is 48.4 Å². The highest BCUT2D eigenvalue weighted by molar-refractivity contribution is 5.93. The van der Waals surface area contributed by atoms with E-state index in [1.165, 1.54) is 0 Å². The summed E-state index contributed by atoms with van der Waals surface area (Å²) in [6.45, 7) is 4.25. The van der Waals surface area contributed by atoms with Crippen LogP contribution in [0.1, 0.15) is 38.7 Å². The highest BCUT2D eigenvalue weighted by Crippen LogP contribution is 2.20. The first kappa shape index (κ1) is 23.4. The van der Waals surface area contributed by atoms with Crippen molar-refractivity contribution < 1.29 is 14.4 Å². The molecule has 1 aromatic heterocycles. The number of para-hydroxylation sites is 1. The fourth-order valence-electron chi connectivity index (χ4n) is 3.48. The number of hydrogen-bond acceptors (Lipinski definition) is 4. The van der Waals surface area contributed by atoms with Gasteiger partial charge < -0.3 is 26.7 Å². The minimum atomic E-state index is -0.605. The lowest BCUT2D eigenvalue weighted by molar-refractivity contribution is -0.130. The highest BCUT2D eigenvalue weighted by atomic mass is 16.2. The number of amides is 3. The largest absolute Gasteiger partial charge is 0.361 e. The zero-order chi connectivity index (χ0) is 22.1. The molecule has 164 valence electrons. The van der Waals surface area contributed by atoms with Crippen LogP contribution in [0.5, 0.6) is 0 Å². The van der Waals surface area contributed by atoms with E-state index in [0.717, 1.165) is 16.5 Å². The summed E-state index contributed by atoms with van der Waals surface area (Å²) < 4.78 is 0. The smallest absolute Gasteiger partial charge is 0.312 e. The lowest BCUT2D eigenvalue weighted by Gasteiger charge is -2.24. The highest BCUT2D eigenvalue weighted by Gasteiger charge is 2.28. The van der Waals surface area contributed by atoms with Gasteiger partial charge in [0.25, 0.3) is 0 Å². The van der Waals surface area contributed by atoms with Crippen LogP contribution in [0.2, 0.25) is 0 Å². The van der Waals surface area contributed by atoms with E-state index in [1.807, 2.05) is 44.3 Å². The number of benzene rings is 1. The number of ketones is 1. The van der Waals surface area contributed by atoms with Crippen molar-refractivity contribution in [3.8, 4) is 0 Å². The van der Waals surface area contributed by atoms with Gasteiger partial charge in [0.2, 0.25) is 5.91 Å². The number of urea groups is 1. The molecule has 0 aliphatic carbocycles. The van der Waals surface area contributed by atoms with Crippen molar-refractivity contribution in [1.82, 2.24) is 20.9 Å². The zero-order valence-corrected chi connectivity index (χ0v) is 18.0. The maximum atomic E-state index is 13.0. The molecule has 3 atom stereocenters. The second kappa shape index (κ2) is 11.3. The molecule has 0 saturated heterocycles. The minimum absolute atomic E-state index is 0.0291. The van der Waals surface area contributed by atoms with Crippen molar-refractivity contribution >= 4 is 28.6 Å². The van der Waals surface area contributed by atoms with Crippen LogP contribution in [-0.2, 0) is 16.0 Å². The van der Waals surface area contributed by atoms with Gasteiger partial charge in [0, 0.05) is 36.0 Å². The molecule has 0 aliphatic rings. The quantitative estimate of drug-likeness (QED) is 0.339.